The number of hydrogen-bond donors (Lipinski definition) is 2. The van der Waals surface area contributed by atoms with E-state index in [4.69, 9.17) is 17.3 Å². The molecular formula is C11H15ClN2O. The zero-order valence-corrected chi connectivity index (χ0v) is 9.42. The van der Waals surface area contributed by atoms with E-state index in [0.29, 0.717) is 17.3 Å². The highest BCUT2D eigenvalue weighted by atomic mass is 35.5. The van der Waals surface area contributed by atoms with E-state index in [1.165, 1.54) is 0 Å². The van der Waals surface area contributed by atoms with Crippen LogP contribution in [0.5, 0.6) is 0 Å². The zero-order valence-electron chi connectivity index (χ0n) is 8.66. The highest BCUT2D eigenvalue weighted by Gasteiger charge is 2.15. The third-order valence-electron chi connectivity index (χ3n) is 2.28. The molecule has 1 amide bonds. The average molecular weight is 227 g/mol. The van der Waals surface area contributed by atoms with Crippen molar-refractivity contribution in [2.24, 2.45) is 11.7 Å². The van der Waals surface area contributed by atoms with Gasteiger partial charge in [0.15, 0.2) is 0 Å². The fourth-order valence-electron chi connectivity index (χ4n) is 1.26. The Morgan fingerprint density at radius 2 is 2.20 bits per heavy atom. The van der Waals surface area contributed by atoms with Gasteiger partial charge in [0.1, 0.15) is 0 Å². The van der Waals surface area contributed by atoms with E-state index in [1.54, 1.807) is 12.1 Å². The van der Waals surface area contributed by atoms with Gasteiger partial charge in [0.2, 0.25) is 5.91 Å². The SMILES string of the molecule is CCC(CN)C(=O)Nc1ccccc1Cl. The minimum absolute atomic E-state index is 0.0758. The monoisotopic (exact) mass is 226 g/mol. The molecule has 0 radical (unpaired) electrons. The first-order valence-corrected chi connectivity index (χ1v) is 5.32. The minimum Gasteiger partial charge on any atom is -0.330 e. The van der Waals surface area contributed by atoms with E-state index in [2.05, 4.69) is 5.32 Å². The van der Waals surface area contributed by atoms with E-state index in [1.807, 2.05) is 19.1 Å². The average Bonchev–Trinajstić information content (AvgIpc) is 2.23. The van der Waals surface area contributed by atoms with Crippen LogP contribution >= 0.6 is 11.6 Å². The van der Waals surface area contributed by atoms with Gasteiger partial charge in [-0.3, -0.25) is 4.79 Å². The van der Waals surface area contributed by atoms with E-state index in [9.17, 15) is 4.79 Å². The van der Waals surface area contributed by atoms with Crippen molar-refractivity contribution in [1.82, 2.24) is 0 Å². The van der Waals surface area contributed by atoms with Crippen LogP contribution in [0.4, 0.5) is 5.69 Å². The Morgan fingerprint density at radius 3 is 2.73 bits per heavy atom. The summed E-state index contributed by atoms with van der Waals surface area (Å²) in [5, 5.41) is 3.30. The number of carbonyl (C=O) groups is 1. The van der Waals surface area contributed by atoms with Crippen molar-refractivity contribution in [1.29, 1.82) is 0 Å². The Morgan fingerprint density at radius 1 is 1.53 bits per heavy atom. The van der Waals surface area contributed by atoms with Gasteiger partial charge in [-0.15, -0.1) is 0 Å². The molecular weight excluding hydrogens is 212 g/mol. The number of carbonyl (C=O) groups excluding carboxylic acids is 1. The Hall–Kier alpha value is -1.06. The fourth-order valence-corrected chi connectivity index (χ4v) is 1.44. The highest BCUT2D eigenvalue weighted by molar-refractivity contribution is 6.33. The highest BCUT2D eigenvalue weighted by Crippen LogP contribution is 2.21. The molecule has 1 atom stereocenters. The lowest BCUT2D eigenvalue weighted by Crippen LogP contribution is -2.28. The van der Waals surface area contributed by atoms with Gasteiger partial charge < -0.3 is 11.1 Å². The summed E-state index contributed by atoms with van der Waals surface area (Å²) >= 11 is 5.91. The summed E-state index contributed by atoms with van der Waals surface area (Å²) in [4.78, 5) is 11.7. The number of hydrogen-bond acceptors (Lipinski definition) is 2. The summed E-state index contributed by atoms with van der Waals surface area (Å²) in [7, 11) is 0. The van der Waals surface area contributed by atoms with Gasteiger partial charge in [-0.25, -0.2) is 0 Å². The molecule has 3 nitrogen and oxygen atoms in total. The van der Waals surface area contributed by atoms with Crippen LogP contribution in [0.25, 0.3) is 0 Å². The third kappa shape index (κ3) is 3.22. The van der Waals surface area contributed by atoms with E-state index in [0.717, 1.165) is 6.42 Å². The van der Waals surface area contributed by atoms with Gasteiger partial charge in [0.05, 0.1) is 16.6 Å². The molecule has 1 rings (SSSR count). The molecule has 1 aromatic carbocycles. The van der Waals surface area contributed by atoms with Crippen LogP contribution in [0, 0.1) is 5.92 Å². The summed E-state index contributed by atoms with van der Waals surface area (Å²) in [5.74, 6) is -0.227. The van der Waals surface area contributed by atoms with E-state index >= 15 is 0 Å². The second-order valence-electron chi connectivity index (χ2n) is 3.31. The molecule has 4 heteroatoms. The molecule has 3 N–H and O–H groups in total. The number of anilines is 1. The molecule has 0 heterocycles. The summed E-state index contributed by atoms with van der Waals surface area (Å²) in [6, 6.07) is 7.15. The minimum atomic E-state index is -0.152. The van der Waals surface area contributed by atoms with Crippen molar-refractivity contribution in [3.05, 3.63) is 29.3 Å². The maximum atomic E-state index is 11.7. The molecule has 0 aliphatic carbocycles. The predicted molar refractivity (Wildman–Crippen MR) is 62.9 cm³/mol. The normalized spacial score (nSPS) is 12.2. The number of nitrogens with one attached hydrogen (secondary N) is 1. The summed E-state index contributed by atoms with van der Waals surface area (Å²) in [6.45, 7) is 2.29. The number of rotatable bonds is 4. The van der Waals surface area contributed by atoms with Gasteiger partial charge in [0, 0.05) is 6.54 Å². The predicted octanol–water partition coefficient (Wildman–Crippen LogP) is 2.26. The molecule has 0 aromatic heterocycles. The molecule has 1 unspecified atom stereocenters. The van der Waals surface area contributed by atoms with Crippen LogP contribution in [0.1, 0.15) is 13.3 Å². The zero-order chi connectivity index (χ0) is 11.3. The standard InChI is InChI=1S/C11H15ClN2O/c1-2-8(7-13)11(15)14-10-6-4-3-5-9(10)12/h3-6,8H,2,7,13H2,1H3,(H,14,15). The maximum absolute atomic E-state index is 11.7. The van der Waals surface area contributed by atoms with Crippen LogP contribution in [-0.2, 0) is 4.79 Å². The Kier molecular flexibility index (Phi) is 4.59. The van der Waals surface area contributed by atoms with Crippen molar-refractivity contribution in [3.8, 4) is 0 Å². The first kappa shape index (κ1) is 12.0. The second-order valence-corrected chi connectivity index (χ2v) is 3.72. The van der Waals surface area contributed by atoms with E-state index < -0.39 is 0 Å². The summed E-state index contributed by atoms with van der Waals surface area (Å²) < 4.78 is 0. The first-order chi connectivity index (χ1) is 7.19. The van der Waals surface area contributed by atoms with Crippen LogP contribution in [0.3, 0.4) is 0 Å². The summed E-state index contributed by atoms with van der Waals surface area (Å²) in [6.07, 6.45) is 0.729. The lowest BCUT2D eigenvalue weighted by atomic mass is 10.1. The van der Waals surface area contributed by atoms with Crippen molar-refractivity contribution < 1.29 is 4.79 Å². The van der Waals surface area contributed by atoms with Crippen LogP contribution in [0.2, 0.25) is 5.02 Å². The van der Waals surface area contributed by atoms with Crippen molar-refractivity contribution in [2.75, 3.05) is 11.9 Å². The van der Waals surface area contributed by atoms with Gasteiger partial charge in [-0.1, -0.05) is 30.7 Å². The molecule has 15 heavy (non-hydrogen) atoms. The van der Waals surface area contributed by atoms with Crippen LogP contribution in [0.15, 0.2) is 24.3 Å². The molecule has 1 aromatic rings. The molecule has 0 fully saturated rings. The van der Waals surface area contributed by atoms with Gasteiger partial charge in [0.25, 0.3) is 0 Å². The Labute approximate surface area is 94.6 Å². The number of nitrogens with two attached hydrogens (primary N) is 1. The molecule has 0 spiro atoms. The molecule has 0 saturated heterocycles. The van der Waals surface area contributed by atoms with Gasteiger partial charge in [-0.2, -0.15) is 0 Å². The van der Waals surface area contributed by atoms with Crippen molar-refractivity contribution in [3.63, 3.8) is 0 Å². The van der Waals surface area contributed by atoms with Crippen molar-refractivity contribution >= 4 is 23.2 Å². The number of para-hydroxylation sites is 1. The second kappa shape index (κ2) is 5.73. The topological polar surface area (TPSA) is 55.1 Å². The molecule has 0 aliphatic heterocycles. The Balaban J connectivity index is 2.70. The lowest BCUT2D eigenvalue weighted by molar-refractivity contribution is -0.119. The summed E-state index contributed by atoms with van der Waals surface area (Å²) in [5.41, 5.74) is 6.12. The molecule has 0 bridgehead atoms. The van der Waals surface area contributed by atoms with Gasteiger partial charge >= 0.3 is 0 Å². The number of benzene rings is 1. The smallest absolute Gasteiger partial charge is 0.228 e. The third-order valence-corrected chi connectivity index (χ3v) is 2.61. The van der Waals surface area contributed by atoms with Crippen molar-refractivity contribution in [2.45, 2.75) is 13.3 Å². The lowest BCUT2D eigenvalue weighted by Gasteiger charge is -2.13. The van der Waals surface area contributed by atoms with Crippen LogP contribution in [-0.4, -0.2) is 12.5 Å². The number of amides is 1. The van der Waals surface area contributed by atoms with Gasteiger partial charge in [-0.05, 0) is 18.6 Å². The first-order valence-electron chi connectivity index (χ1n) is 4.94. The molecule has 0 saturated carbocycles. The molecule has 82 valence electrons. The van der Waals surface area contributed by atoms with Crippen LogP contribution < -0.4 is 11.1 Å². The largest absolute Gasteiger partial charge is 0.330 e. The quantitative estimate of drug-likeness (QED) is 0.828. The fraction of sp³-hybridized carbons (Fsp3) is 0.364. The molecule has 0 aliphatic rings. The maximum Gasteiger partial charge on any atom is 0.228 e. The Bertz CT molecular complexity index is 337. The number of halogens is 1. The van der Waals surface area contributed by atoms with E-state index in [-0.39, 0.29) is 11.8 Å².